The summed E-state index contributed by atoms with van der Waals surface area (Å²) in [5.74, 6) is -3.97. The van der Waals surface area contributed by atoms with Crippen LogP contribution in [0, 0.1) is 13.8 Å². The molecule has 2 aromatic rings. The molecule has 0 bridgehead atoms. The van der Waals surface area contributed by atoms with Crippen LogP contribution in [0.15, 0.2) is 47.4 Å². The van der Waals surface area contributed by atoms with Crippen molar-refractivity contribution in [2.45, 2.75) is 24.5 Å². The first kappa shape index (κ1) is 18.9. The van der Waals surface area contributed by atoms with E-state index < -0.39 is 24.2 Å². The second kappa shape index (κ2) is 8.62. The summed E-state index contributed by atoms with van der Waals surface area (Å²) in [4.78, 5) is 24.1. The summed E-state index contributed by atoms with van der Waals surface area (Å²) in [6.45, 7) is 3.29. The second-order valence-electron chi connectivity index (χ2n) is 5.32. The number of amides is 1. The molecular formula is C18H17F2NO3S. The van der Waals surface area contributed by atoms with E-state index in [4.69, 9.17) is 4.74 Å². The molecule has 4 nitrogen and oxygen atoms in total. The van der Waals surface area contributed by atoms with Gasteiger partial charge in [-0.3, -0.25) is 4.79 Å². The van der Waals surface area contributed by atoms with Gasteiger partial charge in [0.15, 0.2) is 6.61 Å². The first-order chi connectivity index (χ1) is 11.9. The number of thioether (sulfide) groups is 1. The predicted molar refractivity (Wildman–Crippen MR) is 93.1 cm³/mol. The number of benzene rings is 2. The molecule has 0 aliphatic rings. The third kappa shape index (κ3) is 5.56. The van der Waals surface area contributed by atoms with Crippen LogP contribution in [-0.2, 0) is 9.53 Å². The normalized spacial score (nSPS) is 10.6. The van der Waals surface area contributed by atoms with Crippen molar-refractivity contribution >= 4 is 29.3 Å². The number of hydrogen-bond acceptors (Lipinski definition) is 4. The fourth-order valence-corrected chi connectivity index (χ4v) is 2.81. The fourth-order valence-electron chi connectivity index (χ4n) is 2.18. The first-order valence-electron chi connectivity index (χ1n) is 7.45. The van der Waals surface area contributed by atoms with Crippen molar-refractivity contribution in [2.24, 2.45) is 0 Å². The van der Waals surface area contributed by atoms with Crippen molar-refractivity contribution in [3.8, 4) is 0 Å². The van der Waals surface area contributed by atoms with E-state index in [0.29, 0.717) is 5.69 Å². The number of alkyl halides is 2. The maximum absolute atomic E-state index is 12.5. The van der Waals surface area contributed by atoms with Crippen molar-refractivity contribution in [2.75, 3.05) is 11.9 Å². The van der Waals surface area contributed by atoms with Gasteiger partial charge in [0.1, 0.15) is 0 Å². The number of carbonyl (C=O) groups is 2. The van der Waals surface area contributed by atoms with Crippen molar-refractivity contribution in [3.63, 3.8) is 0 Å². The lowest BCUT2D eigenvalue weighted by Crippen LogP contribution is -2.21. The number of halogens is 2. The van der Waals surface area contributed by atoms with Gasteiger partial charge in [-0.2, -0.15) is 8.78 Å². The van der Waals surface area contributed by atoms with Crippen LogP contribution in [0.1, 0.15) is 21.5 Å². The summed E-state index contributed by atoms with van der Waals surface area (Å²) in [6, 6.07) is 11.4. The minimum Gasteiger partial charge on any atom is -0.452 e. The van der Waals surface area contributed by atoms with Crippen LogP contribution >= 0.6 is 11.8 Å². The van der Waals surface area contributed by atoms with E-state index in [1.165, 1.54) is 12.1 Å². The van der Waals surface area contributed by atoms with Crippen molar-refractivity contribution in [1.29, 1.82) is 0 Å². The fraction of sp³-hybridized carbons (Fsp3) is 0.222. The monoisotopic (exact) mass is 365 g/mol. The molecule has 0 radical (unpaired) electrons. The summed E-state index contributed by atoms with van der Waals surface area (Å²) < 4.78 is 30.0. The second-order valence-corrected chi connectivity index (χ2v) is 6.35. The Bertz CT molecular complexity index is 781. The van der Waals surface area contributed by atoms with Crippen molar-refractivity contribution in [1.82, 2.24) is 0 Å². The van der Waals surface area contributed by atoms with Gasteiger partial charge < -0.3 is 10.1 Å². The number of carbonyl (C=O) groups excluding carboxylic acids is 2. The van der Waals surface area contributed by atoms with Gasteiger partial charge in [-0.05, 0) is 37.6 Å². The van der Waals surface area contributed by atoms with Crippen LogP contribution in [0.2, 0.25) is 0 Å². The average Bonchev–Trinajstić information content (AvgIpc) is 2.55. The molecule has 2 aromatic carbocycles. The highest BCUT2D eigenvalue weighted by atomic mass is 32.2. The van der Waals surface area contributed by atoms with E-state index in [0.717, 1.165) is 11.1 Å². The molecule has 1 N–H and O–H groups in total. The first-order valence-corrected chi connectivity index (χ1v) is 8.33. The average molecular weight is 365 g/mol. The molecule has 0 aliphatic carbocycles. The van der Waals surface area contributed by atoms with E-state index in [-0.39, 0.29) is 22.2 Å². The Hall–Kier alpha value is -2.41. The van der Waals surface area contributed by atoms with Crippen LogP contribution in [0.25, 0.3) is 0 Å². The zero-order valence-corrected chi connectivity index (χ0v) is 14.5. The Morgan fingerprint density at radius 1 is 1.16 bits per heavy atom. The van der Waals surface area contributed by atoms with Gasteiger partial charge >= 0.3 is 5.97 Å². The zero-order valence-electron chi connectivity index (χ0n) is 13.7. The molecule has 7 heteroatoms. The van der Waals surface area contributed by atoms with Crippen LogP contribution < -0.4 is 5.32 Å². The molecule has 0 heterocycles. The molecule has 0 saturated heterocycles. The van der Waals surface area contributed by atoms with Crippen LogP contribution in [0.4, 0.5) is 14.5 Å². The summed E-state index contributed by atoms with van der Waals surface area (Å²) in [6.07, 6.45) is 0. The van der Waals surface area contributed by atoms with E-state index >= 15 is 0 Å². The number of anilines is 1. The molecule has 0 atom stereocenters. The van der Waals surface area contributed by atoms with E-state index in [2.05, 4.69) is 5.32 Å². The zero-order chi connectivity index (χ0) is 18.4. The molecule has 0 aliphatic heterocycles. The Labute approximate surface area is 148 Å². The number of aryl methyl sites for hydroxylation is 2. The van der Waals surface area contributed by atoms with Gasteiger partial charge in [0.2, 0.25) is 0 Å². The van der Waals surface area contributed by atoms with Gasteiger partial charge in [-0.1, -0.05) is 41.6 Å². The highest BCUT2D eigenvalue weighted by Crippen LogP contribution is 2.28. The number of rotatable bonds is 6. The van der Waals surface area contributed by atoms with Crippen LogP contribution in [0.5, 0.6) is 0 Å². The summed E-state index contributed by atoms with van der Waals surface area (Å²) >= 11 is 0.259. The van der Waals surface area contributed by atoms with Gasteiger partial charge in [-0.15, -0.1) is 0 Å². The van der Waals surface area contributed by atoms with E-state index in [1.54, 1.807) is 18.2 Å². The topological polar surface area (TPSA) is 55.4 Å². The molecule has 0 unspecified atom stereocenters. The molecule has 0 saturated carbocycles. The third-order valence-corrected chi connectivity index (χ3v) is 4.10. The van der Waals surface area contributed by atoms with Crippen LogP contribution in [-0.4, -0.2) is 24.2 Å². The van der Waals surface area contributed by atoms with E-state index in [1.807, 2.05) is 26.0 Å². The summed E-state index contributed by atoms with van der Waals surface area (Å²) in [7, 11) is 0. The molecular weight excluding hydrogens is 348 g/mol. The SMILES string of the molecule is Cc1ccc(NC(=O)COC(=O)c2ccccc2SC(F)F)c(C)c1. The molecule has 132 valence electrons. The van der Waals surface area contributed by atoms with Gasteiger partial charge in [-0.25, -0.2) is 4.79 Å². The summed E-state index contributed by atoms with van der Waals surface area (Å²) in [5, 5.41) is 2.65. The van der Waals surface area contributed by atoms with Crippen molar-refractivity contribution in [3.05, 3.63) is 59.2 Å². The largest absolute Gasteiger partial charge is 0.452 e. The highest BCUT2D eigenvalue weighted by Gasteiger charge is 2.17. The minimum atomic E-state index is -2.65. The Balaban J connectivity index is 1.97. The lowest BCUT2D eigenvalue weighted by atomic mass is 10.1. The van der Waals surface area contributed by atoms with E-state index in [9.17, 15) is 18.4 Å². The molecule has 25 heavy (non-hydrogen) atoms. The number of ether oxygens (including phenoxy) is 1. The standard InChI is InChI=1S/C18H17F2NO3S/c1-11-7-8-14(12(2)9-11)21-16(22)10-24-17(23)13-5-3-4-6-15(13)25-18(19)20/h3-9,18H,10H2,1-2H3,(H,21,22). The third-order valence-electron chi connectivity index (χ3n) is 3.31. The Morgan fingerprint density at radius 3 is 2.56 bits per heavy atom. The quantitative estimate of drug-likeness (QED) is 0.608. The number of nitrogens with one attached hydrogen (secondary N) is 1. The Morgan fingerprint density at radius 2 is 1.88 bits per heavy atom. The maximum atomic E-state index is 12.5. The Kier molecular flexibility index (Phi) is 6.52. The molecule has 0 aromatic heterocycles. The minimum absolute atomic E-state index is 0.00659. The van der Waals surface area contributed by atoms with Crippen LogP contribution in [0.3, 0.4) is 0 Å². The van der Waals surface area contributed by atoms with Gasteiger partial charge in [0, 0.05) is 10.6 Å². The highest BCUT2D eigenvalue weighted by molar-refractivity contribution is 7.99. The lowest BCUT2D eigenvalue weighted by Gasteiger charge is -2.11. The smallest absolute Gasteiger partial charge is 0.339 e. The van der Waals surface area contributed by atoms with Gasteiger partial charge in [0.05, 0.1) is 5.56 Å². The lowest BCUT2D eigenvalue weighted by molar-refractivity contribution is -0.119. The number of hydrogen-bond donors (Lipinski definition) is 1. The van der Waals surface area contributed by atoms with Crippen molar-refractivity contribution < 1.29 is 23.1 Å². The molecule has 0 fully saturated rings. The maximum Gasteiger partial charge on any atom is 0.339 e. The molecule has 0 spiro atoms. The summed E-state index contributed by atoms with van der Waals surface area (Å²) in [5.41, 5.74) is 2.58. The predicted octanol–water partition coefficient (Wildman–Crippen LogP) is 4.41. The van der Waals surface area contributed by atoms with Gasteiger partial charge in [0.25, 0.3) is 11.7 Å². The molecule has 1 amide bonds. The molecule has 2 rings (SSSR count). The number of esters is 1.